The molecule has 4 atom stereocenters. The van der Waals surface area contributed by atoms with E-state index < -0.39 is 0 Å². The minimum Gasteiger partial charge on any atom is -0.347 e. The fourth-order valence-electron chi connectivity index (χ4n) is 5.90. The first-order valence-corrected chi connectivity index (χ1v) is 10.7. The molecular formula is C20H34O4S. The molecule has 2 aliphatic heterocycles. The lowest BCUT2D eigenvalue weighted by molar-refractivity contribution is -0.227. The van der Waals surface area contributed by atoms with E-state index in [2.05, 4.69) is 13.8 Å². The molecule has 0 N–H and O–H groups in total. The van der Waals surface area contributed by atoms with Crippen molar-refractivity contribution in [2.45, 2.75) is 81.5 Å². The first kappa shape index (κ1) is 18.5. The molecule has 2 aliphatic carbocycles. The predicted octanol–water partition coefficient (Wildman–Crippen LogP) is 4.18. The summed E-state index contributed by atoms with van der Waals surface area (Å²) in [7, 11) is 0. The van der Waals surface area contributed by atoms with Crippen LogP contribution in [0.1, 0.15) is 65.2 Å². The van der Waals surface area contributed by atoms with Crippen LogP contribution in [0, 0.1) is 17.8 Å². The van der Waals surface area contributed by atoms with Crippen LogP contribution in [-0.2, 0) is 18.9 Å². The molecular weight excluding hydrogens is 336 g/mol. The van der Waals surface area contributed by atoms with Crippen LogP contribution in [0.2, 0.25) is 0 Å². The Morgan fingerprint density at radius 2 is 1.56 bits per heavy atom. The zero-order valence-electron chi connectivity index (χ0n) is 15.8. The van der Waals surface area contributed by atoms with Gasteiger partial charge in [-0.3, -0.25) is 0 Å². The molecule has 2 spiro atoms. The standard InChI is InChI=1S/C20H34O4S/c1-15-6-7-16(14-20(15)23-11-12-24-20)13-18(2,25)17-5-3-4-8-19(17)21-9-10-22-19/h15-17,25H,3-14H2,1-2H3/t15-,16?,17-,18?/m0/s1. The van der Waals surface area contributed by atoms with Crippen LogP contribution in [0.25, 0.3) is 0 Å². The zero-order valence-corrected chi connectivity index (χ0v) is 16.7. The summed E-state index contributed by atoms with van der Waals surface area (Å²) in [5, 5.41) is 0. The normalized spacial score (nSPS) is 39.7. The molecule has 5 heteroatoms. The number of rotatable bonds is 3. The van der Waals surface area contributed by atoms with Crippen LogP contribution in [0.5, 0.6) is 0 Å². The minimum atomic E-state index is -0.380. The zero-order chi connectivity index (χ0) is 17.5. The fourth-order valence-corrected chi connectivity index (χ4v) is 6.48. The Balaban J connectivity index is 1.47. The third-order valence-corrected chi connectivity index (χ3v) is 7.63. The van der Waals surface area contributed by atoms with E-state index in [9.17, 15) is 0 Å². The number of hydrogen-bond donors (Lipinski definition) is 1. The lowest BCUT2D eigenvalue weighted by Crippen LogP contribution is -2.52. The van der Waals surface area contributed by atoms with Crippen molar-refractivity contribution < 1.29 is 18.9 Å². The van der Waals surface area contributed by atoms with E-state index in [0.717, 1.165) is 52.1 Å². The molecule has 0 aromatic rings. The predicted molar refractivity (Wildman–Crippen MR) is 99.7 cm³/mol. The van der Waals surface area contributed by atoms with Gasteiger partial charge >= 0.3 is 0 Å². The summed E-state index contributed by atoms with van der Waals surface area (Å²) in [6.45, 7) is 7.52. The van der Waals surface area contributed by atoms with Gasteiger partial charge < -0.3 is 18.9 Å². The highest BCUT2D eigenvalue weighted by Gasteiger charge is 2.54. The first-order valence-electron chi connectivity index (χ1n) is 10.2. The smallest absolute Gasteiger partial charge is 0.172 e. The van der Waals surface area contributed by atoms with E-state index in [-0.39, 0.29) is 16.3 Å². The maximum absolute atomic E-state index is 6.16. The number of thiol groups is 1. The largest absolute Gasteiger partial charge is 0.347 e. The molecule has 2 saturated carbocycles. The van der Waals surface area contributed by atoms with Crippen LogP contribution >= 0.6 is 12.6 Å². The maximum Gasteiger partial charge on any atom is 0.172 e. The molecule has 144 valence electrons. The monoisotopic (exact) mass is 370 g/mol. The Hall–Kier alpha value is 0.190. The summed E-state index contributed by atoms with van der Waals surface area (Å²) in [5.74, 6) is 0.726. The highest BCUT2D eigenvalue weighted by atomic mass is 32.1. The van der Waals surface area contributed by atoms with Crippen molar-refractivity contribution in [3.8, 4) is 0 Å². The van der Waals surface area contributed by atoms with Crippen molar-refractivity contribution in [2.24, 2.45) is 17.8 Å². The summed E-state index contributed by atoms with van der Waals surface area (Å²) in [6, 6.07) is 0. The SMILES string of the molecule is C[C@H]1CCC(CC(C)(S)[C@@H]2CCCCC23OCCO3)CC12OCCO2. The Kier molecular flexibility index (Phi) is 5.17. The van der Waals surface area contributed by atoms with Gasteiger partial charge in [-0.2, -0.15) is 12.6 Å². The fraction of sp³-hybridized carbons (Fsp3) is 1.00. The van der Waals surface area contributed by atoms with Gasteiger partial charge in [0.25, 0.3) is 0 Å². The molecule has 4 rings (SSSR count). The van der Waals surface area contributed by atoms with Gasteiger partial charge in [0.1, 0.15) is 0 Å². The summed E-state index contributed by atoms with van der Waals surface area (Å²) in [5.41, 5.74) is 0. The van der Waals surface area contributed by atoms with E-state index in [1.54, 1.807) is 0 Å². The molecule has 0 aromatic heterocycles. The molecule has 2 heterocycles. The van der Waals surface area contributed by atoms with Crippen LogP contribution < -0.4 is 0 Å². The third-order valence-electron chi connectivity index (χ3n) is 7.14. The van der Waals surface area contributed by atoms with Crippen molar-refractivity contribution in [2.75, 3.05) is 26.4 Å². The van der Waals surface area contributed by atoms with Gasteiger partial charge in [-0.05, 0) is 38.0 Å². The molecule has 0 radical (unpaired) electrons. The molecule has 4 aliphatic rings. The quantitative estimate of drug-likeness (QED) is 0.756. The number of hydrogen-bond acceptors (Lipinski definition) is 5. The van der Waals surface area contributed by atoms with E-state index in [4.69, 9.17) is 31.6 Å². The highest BCUT2D eigenvalue weighted by molar-refractivity contribution is 7.81. The van der Waals surface area contributed by atoms with Gasteiger partial charge in [0, 0.05) is 29.4 Å². The van der Waals surface area contributed by atoms with Gasteiger partial charge in [-0.1, -0.05) is 20.3 Å². The molecule has 0 amide bonds. The minimum absolute atomic E-state index is 0.0875. The first-order chi connectivity index (χ1) is 12.0. The van der Waals surface area contributed by atoms with Gasteiger partial charge in [0.05, 0.1) is 26.4 Å². The van der Waals surface area contributed by atoms with Crippen LogP contribution in [0.3, 0.4) is 0 Å². The van der Waals surface area contributed by atoms with Gasteiger partial charge in [-0.25, -0.2) is 0 Å². The lowest BCUT2D eigenvalue weighted by atomic mass is 9.68. The Morgan fingerprint density at radius 3 is 2.24 bits per heavy atom. The Bertz CT molecular complexity index is 468. The van der Waals surface area contributed by atoms with Crippen LogP contribution in [-0.4, -0.2) is 42.7 Å². The molecule has 25 heavy (non-hydrogen) atoms. The summed E-state index contributed by atoms with van der Waals surface area (Å²) >= 11 is 5.20. The maximum atomic E-state index is 6.16. The molecule has 4 fully saturated rings. The van der Waals surface area contributed by atoms with Crippen LogP contribution in [0.15, 0.2) is 0 Å². The van der Waals surface area contributed by atoms with Crippen molar-refractivity contribution >= 4 is 12.6 Å². The van der Waals surface area contributed by atoms with Gasteiger partial charge in [-0.15, -0.1) is 0 Å². The van der Waals surface area contributed by atoms with E-state index in [1.807, 2.05) is 0 Å². The van der Waals surface area contributed by atoms with E-state index in [0.29, 0.717) is 17.8 Å². The van der Waals surface area contributed by atoms with E-state index in [1.165, 1.54) is 25.7 Å². The van der Waals surface area contributed by atoms with Crippen molar-refractivity contribution in [3.63, 3.8) is 0 Å². The molecule has 0 bridgehead atoms. The van der Waals surface area contributed by atoms with Gasteiger partial charge in [0.2, 0.25) is 0 Å². The summed E-state index contributed by atoms with van der Waals surface area (Å²) in [6.07, 6.45) is 9.14. The molecule has 2 unspecified atom stereocenters. The average molecular weight is 371 g/mol. The van der Waals surface area contributed by atoms with Crippen molar-refractivity contribution in [1.29, 1.82) is 0 Å². The van der Waals surface area contributed by atoms with Crippen LogP contribution in [0.4, 0.5) is 0 Å². The Labute approximate surface area is 157 Å². The van der Waals surface area contributed by atoms with Crippen molar-refractivity contribution in [1.82, 2.24) is 0 Å². The lowest BCUT2D eigenvalue weighted by Gasteiger charge is -2.49. The Morgan fingerprint density at radius 1 is 0.920 bits per heavy atom. The summed E-state index contributed by atoms with van der Waals surface area (Å²) in [4.78, 5) is 0. The number of ether oxygens (including phenoxy) is 4. The second-order valence-electron chi connectivity index (χ2n) is 8.93. The van der Waals surface area contributed by atoms with E-state index >= 15 is 0 Å². The third kappa shape index (κ3) is 3.40. The summed E-state index contributed by atoms with van der Waals surface area (Å²) < 4.78 is 24.4. The highest BCUT2D eigenvalue weighted by Crippen LogP contribution is 2.52. The van der Waals surface area contributed by atoms with Crippen molar-refractivity contribution in [3.05, 3.63) is 0 Å². The topological polar surface area (TPSA) is 36.9 Å². The molecule has 4 nitrogen and oxygen atoms in total. The molecule has 0 aromatic carbocycles. The second kappa shape index (κ2) is 6.97. The average Bonchev–Trinajstić information content (AvgIpc) is 3.22. The molecule has 2 saturated heterocycles. The van der Waals surface area contributed by atoms with Gasteiger partial charge in [0.15, 0.2) is 11.6 Å². The second-order valence-corrected chi connectivity index (χ2v) is 9.95.